The molecule has 5 nitrogen and oxygen atoms in total. The van der Waals surface area contributed by atoms with Gasteiger partial charge in [0.15, 0.2) is 0 Å². The van der Waals surface area contributed by atoms with Crippen LogP contribution in [0.15, 0.2) is 60.9 Å². The van der Waals surface area contributed by atoms with Gasteiger partial charge in [0.05, 0.1) is 6.20 Å². The number of benzene rings is 2. The number of carbonyl (C=O) groups is 1. The fourth-order valence-corrected chi connectivity index (χ4v) is 3.66. The zero-order chi connectivity index (χ0) is 19.3. The van der Waals surface area contributed by atoms with Crippen molar-refractivity contribution in [3.63, 3.8) is 0 Å². The molecule has 0 spiro atoms. The molecule has 0 atom stereocenters. The molecule has 0 aliphatic carbocycles. The molecule has 0 bridgehead atoms. The third-order valence-corrected chi connectivity index (χ3v) is 5.25. The third-order valence-electron chi connectivity index (χ3n) is 5.25. The van der Waals surface area contributed by atoms with Crippen molar-refractivity contribution < 1.29 is 4.79 Å². The molecular formula is C23H26N4O. The minimum Gasteiger partial charge on any atom is -0.348 e. The van der Waals surface area contributed by atoms with Crippen LogP contribution in [0.25, 0.3) is 11.1 Å². The van der Waals surface area contributed by atoms with Crippen molar-refractivity contribution in [1.82, 2.24) is 20.0 Å². The van der Waals surface area contributed by atoms with Crippen molar-refractivity contribution in [3.8, 4) is 11.1 Å². The largest absolute Gasteiger partial charge is 0.348 e. The van der Waals surface area contributed by atoms with E-state index in [1.807, 2.05) is 37.5 Å². The molecule has 2 heterocycles. The molecule has 1 aliphatic rings. The van der Waals surface area contributed by atoms with Crippen LogP contribution in [0.2, 0.25) is 0 Å². The third kappa shape index (κ3) is 4.49. The number of likely N-dealkylation sites (tertiary alicyclic amines) is 1. The summed E-state index contributed by atoms with van der Waals surface area (Å²) in [5, 5.41) is 7.04. The molecule has 1 fully saturated rings. The van der Waals surface area contributed by atoms with Gasteiger partial charge in [0.1, 0.15) is 0 Å². The summed E-state index contributed by atoms with van der Waals surface area (Å²) in [4.78, 5) is 14.8. The molecule has 1 aromatic heterocycles. The zero-order valence-electron chi connectivity index (χ0n) is 16.3. The van der Waals surface area contributed by atoms with E-state index in [0.29, 0.717) is 12.1 Å². The van der Waals surface area contributed by atoms with Crippen molar-refractivity contribution >= 4 is 5.91 Å². The van der Waals surface area contributed by atoms with Gasteiger partial charge in [-0.25, -0.2) is 0 Å². The molecule has 1 saturated heterocycles. The quantitative estimate of drug-likeness (QED) is 0.717. The fourth-order valence-electron chi connectivity index (χ4n) is 3.66. The minimum absolute atomic E-state index is 0.0728. The average molecular weight is 374 g/mol. The number of hydrogen-bond acceptors (Lipinski definition) is 3. The Bertz CT molecular complexity index is 922. The Morgan fingerprint density at radius 3 is 2.21 bits per heavy atom. The highest BCUT2D eigenvalue weighted by Gasteiger charge is 2.12. The van der Waals surface area contributed by atoms with E-state index >= 15 is 0 Å². The van der Waals surface area contributed by atoms with E-state index in [1.165, 1.54) is 37.1 Å². The van der Waals surface area contributed by atoms with Gasteiger partial charge in [-0.3, -0.25) is 14.4 Å². The Kier molecular flexibility index (Phi) is 5.53. The first-order chi connectivity index (χ1) is 13.7. The Morgan fingerprint density at radius 1 is 0.964 bits per heavy atom. The monoisotopic (exact) mass is 374 g/mol. The van der Waals surface area contributed by atoms with Crippen LogP contribution in [0, 0.1) is 0 Å². The lowest BCUT2D eigenvalue weighted by Gasteiger charge is -2.14. The van der Waals surface area contributed by atoms with Crippen LogP contribution >= 0.6 is 0 Å². The molecule has 1 aliphatic heterocycles. The maximum absolute atomic E-state index is 12.3. The lowest BCUT2D eigenvalue weighted by Crippen LogP contribution is -2.22. The smallest absolute Gasteiger partial charge is 0.251 e. The van der Waals surface area contributed by atoms with Gasteiger partial charge in [-0.15, -0.1) is 0 Å². The van der Waals surface area contributed by atoms with Crippen LogP contribution in [-0.2, 0) is 20.1 Å². The number of aromatic nitrogens is 2. The van der Waals surface area contributed by atoms with Crippen molar-refractivity contribution in [2.75, 3.05) is 13.1 Å². The van der Waals surface area contributed by atoms with Gasteiger partial charge in [0.2, 0.25) is 0 Å². The summed E-state index contributed by atoms with van der Waals surface area (Å²) < 4.78 is 1.73. The van der Waals surface area contributed by atoms with E-state index in [4.69, 9.17) is 0 Å². The molecule has 0 unspecified atom stereocenters. The van der Waals surface area contributed by atoms with Crippen LogP contribution in [0.1, 0.15) is 34.3 Å². The summed E-state index contributed by atoms with van der Waals surface area (Å²) in [5.41, 5.74) is 5.31. The van der Waals surface area contributed by atoms with Gasteiger partial charge in [-0.05, 0) is 54.8 Å². The van der Waals surface area contributed by atoms with Gasteiger partial charge < -0.3 is 5.32 Å². The number of hydrogen-bond donors (Lipinski definition) is 1. The van der Waals surface area contributed by atoms with E-state index in [1.54, 1.807) is 10.9 Å². The summed E-state index contributed by atoms with van der Waals surface area (Å²) >= 11 is 0. The Hall–Kier alpha value is -2.92. The van der Waals surface area contributed by atoms with Crippen LogP contribution in [0.3, 0.4) is 0 Å². The van der Waals surface area contributed by atoms with Crippen LogP contribution in [0.4, 0.5) is 0 Å². The number of rotatable bonds is 6. The summed E-state index contributed by atoms with van der Waals surface area (Å²) in [6.07, 6.45) is 6.30. The zero-order valence-corrected chi connectivity index (χ0v) is 16.3. The van der Waals surface area contributed by atoms with E-state index < -0.39 is 0 Å². The van der Waals surface area contributed by atoms with Gasteiger partial charge in [0.25, 0.3) is 5.91 Å². The lowest BCUT2D eigenvalue weighted by atomic mass is 10.0. The number of carbonyl (C=O) groups excluding carboxylic acids is 1. The summed E-state index contributed by atoms with van der Waals surface area (Å²) in [6, 6.07) is 16.5. The molecule has 2 aromatic carbocycles. The maximum atomic E-state index is 12.3. The van der Waals surface area contributed by atoms with Gasteiger partial charge in [-0.2, -0.15) is 5.10 Å². The predicted octanol–water partition coefficient (Wildman–Crippen LogP) is 3.61. The highest BCUT2D eigenvalue weighted by Crippen LogP contribution is 2.21. The van der Waals surface area contributed by atoms with E-state index in [2.05, 4.69) is 39.6 Å². The second-order valence-corrected chi connectivity index (χ2v) is 7.46. The van der Waals surface area contributed by atoms with Crippen molar-refractivity contribution in [2.45, 2.75) is 25.9 Å². The summed E-state index contributed by atoms with van der Waals surface area (Å²) in [6.45, 7) is 3.95. The summed E-state index contributed by atoms with van der Waals surface area (Å²) in [7, 11) is 1.86. The standard InChI is InChI=1S/C23H26N4O/c1-26-16-19(15-25-26)14-24-23(28)22-10-8-21(9-11-22)20-6-4-18(5-7-20)17-27-12-2-3-13-27/h4-11,15-16H,2-3,12-14,17H2,1H3,(H,24,28). The van der Waals surface area contributed by atoms with E-state index in [0.717, 1.165) is 17.7 Å². The molecule has 144 valence electrons. The normalized spacial score (nSPS) is 14.3. The van der Waals surface area contributed by atoms with Gasteiger partial charge in [-0.1, -0.05) is 36.4 Å². The second kappa shape index (κ2) is 8.40. The molecule has 5 heteroatoms. The van der Waals surface area contributed by atoms with Crippen LogP contribution < -0.4 is 5.32 Å². The minimum atomic E-state index is -0.0728. The Labute approximate surface area is 166 Å². The molecule has 0 saturated carbocycles. The maximum Gasteiger partial charge on any atom is 0.251 e. The molecule has 1 N–H and O–H groups in total. The molecule has 0 radical (unpaired) electrons. The van der Waals surface area contributed by atoms with E-state index in [9.17, 15) is 4.79 Å². The van der Waals surface area contributed by atoms with Crippen molar-refractivity contribution in [1.29, 1.82) is 0 Å². The number of aryl methyl sites for hydroxylation is 1. The van der Waals surface area contributed by atoms with Crippen molar-refractivity contribution in [3.05, 3.63) is 77.6 Å². The van der Waals surface area contributed by atoms with Crippen LogP contribution in [-0.4, -0.2) is 33.7 Å². The lowest BCUT2D eigenvalue weighted by molar-refractivity contribution is 0.0951. The Morgan fingerprint density at radius 2 is 1.61 bits per heavy atom. The van der Waals surface area contributed by atoms with Gasteiger partial charge in [0, 0.05) is 37.5 Å². The fraction of sp³-hybridized carbons (Fsp3) is 0.304. The first-order valence-corrected chi connectivity index (χ1v) is 9.85. The van der Waals surface area contributed by atoms with Gasteiger partial charge >= 0.3 is 0 Å². The van der Waals surface area contributed by atoms with Crippen LogP contribution in [0.5, 0.6) is 0 Å². The number of nitrogens with zero attached hydrogens (tertiary/aromatic N) is 3. The van der Waals surface area contributed by atoms with E-state index in [-0.39, 0.29) is 5.91 Å². The predicted molar refractivity (Wildman–Crippen MR) is 111 cm³/mol. The SMILES string of the molecule is Cn1cc(CNC(=O)c2ccc(-c3ccc(CN4CCCC4)cc3)cc2)cn1. The topological polar surface area (TPSA) is 50.2 Å². The molecular weight excluding hydrogens is 348 g/mol. The highest BCUT2D eigenvalue weighted by atomic mass is 16.1. The number of nitrogens with one attached hydrogen (secondary N) is 1. The highest BCUT2D eigenvalue weighted by molar-refractivity contribution is 5.94. The number of amides is 1. The average Bonchev–Trinajstić information content (AvgIpc) is 3.38. The first-order valence-electron chi connectivity index (χ1n) is 9.85. The molecule has 3 aromatic rings. The molecule has 1 amide bonds. The molecule has 28 heavy (non-hydrogen) atoms. The first kappa shape index (κ1) is 18.4. The summed E-state index contributed by atoms with van der Waals surface area (Å²) in [5.74, 6) is -0.0728. The Balaban J connectivity index is 1.36. The second-order valence-electron chi connectivity index (χ2n) is 7.46. The van der Waals surface area contributed by atoms with Crippen molar-refractivity contribution in [2.24, 2.45) is 7.05 Å². The molecule has 4 rings (SSSR count).